The third-order valence-electron chi connectivity index (χ3n) is 4.54. The molecule has 3 atom stereocenters. The number of amides is 1. The predicted molar refractivity (Wildman–Crippen MR) is 92.8 cm³/mol. The second-order valence-corrected chi connectivity index (χ2v) is 6.99. The van der Waals surface area contributed by atoms with Gasteiger partial charge in [-0.2, -0.15) is 5.10 Å². The van der Waals surface area contributed by atoms with Crippen molar-refractivity contribution >= 4 is 17.5 Å². The molecule has 1 fully saturated rings. The van der Waals surface area contributed by atoms with Gasteiger partial charge >= 0.3 is 0 Å². The van der Waals surface area contributed by atoms with E-state index in [2.05, 4.69) is 10.4 Å². The number of nitrogens with one attached hydrogen (secondary N) is 1. The zero-order valence-electron chi connectivity index (χ0n) is 13.7. The van der Waals surface area contributed by atoms with Crippen LogP contribution in [0.2, 0.25) is 5.02 Å². The molecule has 128 valence electrons. The lowest BCUT2D eigenvalue weighted by molar-refractivity contribution is -0.121. The van der Waals surface area contributed by atoms with Gasteiger partial charge in [-0.25, -0.2) is 0 Å². The van der Waals surface area contributed by atoms with E-state index < -0.39 is 6.10 Å². The molecule has 1 aliphatic carbocycles. The third-order valence-corrected chi connectivity index (χ3v) is 4.89. The molecule has 6 heteroatoms. The van der Waals surface area contributed by atoms with Gasteiger partial charge in [0.1, 0.15) is 0 Å². The van der Waals surface area contributed by atoms with Crippen molar-refractivity contribution < 1.29 is 9.90 Å². The number of carbonyl (C=O) groups excluding carboxylic acids is 1. The first kappa shape index (κ1) is 17.0. The Morgan fingerprint density at radius 3 is 3.00 bits per heavy atom. The van der Waals surface area contributed by atoms with E-state index in [1.54, 1.807) is 6.20 Å². The van der Waals surface area contributed by atoms with Crippen molar-refractivity contribution in [2.24, 2.45) is 5.92 Å². The fourth-order valence-corrected chi connectivity index (χ4v) is 3.62. The second kappa shape index (κ2) is 7.36. The summed E-state index contributed by atoms with van der Waals surface area (Å²) >= 11 is 6.18. The highest BCUT2D eigenvalue weighted by Crippen LogP contribution is 2.27. The van der Waals surface area contributed by atoms with Gasteiger partial charge in [0.05, 0.1) is 18.6 Å². The maximum absolute atomic E-state index is 12.3. The largest absolute Gasteiger partial charge is 0.391 e. The van der Waals surface area contributed by atoms with Gasteiger partial charge in [-0.05, 0) is 48.9 Å². The number of hydrogen-bond acceptors (Lipinski definition) is 3. The predicted octanol–water partition coefficient (Wildman–Crippen LogP) is 2.34. The lowest BCUT2D eigenvalue weighted by atomic mass is 10.1. The van der Waals surface area contributed by atoms with E-state index in [-0.39, 0.29) is 18.4 Å². The van der Waals surface area contributed by atoms with Crippen molar-refractivity contribution in [1.82, 2.24) is 15.1 Å². The molecule has 0 radical (unpaired) electrons. The van der Waals surface area contributed by atoms with Crippen molar-refractivity contribution in [2.45, 2.75) is 44.9 Å². The molecule has 1 unspecified atom stereocenters. The van der Waals surface area contributed by atoms with Gasteiger partial charge in [-0.3, -0.25) is 9.48 Å². The normalized spacial score (nSPS) is 23.4. The lowest BCUT2D eigenvalue weighted by Gasteiger charge is -2.17. The number of hydrogen-bond donors (Lipinski definition) is 2. The second-order valence-electron chi connectivity index (χ2n) is 6.58. The summed E-state index contributed by atoms with van der Waals surface area (Å²) in [7, 11) is 0. The SMILES string of the molecule is Cc1ccc(CC(=O)N[C@@H]2CC(Cn3cccn3)C[C@H]2O)c(Cl)c1. The molecular weight excluding hydrogens is 326 g/mol. The molecule has 1 heterocycles. The molecule has 0 saturated heterocycles. The number of aromatic nitrogens is 2. The Labute approximate surface area is 146 Å². The first-order chi connectivity index (χ1) is 11.5. The van der Waals surface area contributed by atoms with Gasteiger partial charge in [0, 0.05) is 24.0 Å². The van der Waals surface area contributed by atoms with Gasteiger partial charge in [0.15, 0.2) is 0 Å². The highest BCUT2D eigenvalue weighted by atomic mass is 35.5. The number of aliphatic hydroxyl groups excluding tert-OH is 1. The minimum atomic E-state index is -0.511. The first-order valence-electron chi connectivity index (χ1n) is 8.21. The number of halogens is 1. The van der Waals surface area contributed by atoms with E-state index in [4.69, 9.17) is 11.6 Å². The molecule has 0 spiro atoms. The molecule has 2 N–H and O–H groups in total. The average Bonchev–Trinajstić information content (AvgIpc) is 3.13. The molecular formula is C18H22ClN3O2. The molecule has 0 aliphatic heterocycles. The topological polar surface area (TPSA) is 67.2 Å². The van der Waals surface area contributed by atoms with Crippen molar-refractivity contribution in [3.05, 3.63) is 52.8 Å². The molecule has 2 aromatic rings. The van der Waals surface area contributed by atoms with Gasteiger partial charge in [-0.15, -0.1) is 0 Å². The molecule has 1 aliphatic rings. The van der Waals surface area contributed by atoms with Crippen molar-refractivity contribution in [2.75, 3.05) is 0 Å². The fraction of sp³-hybridized carbons (Fsp3) is 0.444. The Balaban J connectivity index is 1.54. The Morgan fingerprint density at radius 1 is 1.46 bits per heavy atom. The number of aryl methyl sites for hydroxylation is 1. The number of nitrogens with zero attached hydrogens (tertiary/aromatic N) is 2. The molecule has 3 rings (SSSR count). The maximum atomic E-state index is 12.3. The Bertz CT molecular complexity index is 702. The van der Waals surface area contributed by atoms with Crippen LogP contribution in [0.1, 0.15) is 24.0 Å². The standard InChI is InChI=1S/C18H22ClN3O2/c1-12-3-4-14(15(19)7-12)10-18(24)21-16-8-13(9-17(16)23)11-22-6-2-5-20-22/h2-7,13,16-17,23H,8-11H2,1H3,(H,21,24)/t13?,16-,17-/m1/s1. The van der Waals surface area contributed by atoms with E-state index in [0.717, 1.165) is 24.1 Å². The van der Waals surface area contributed by atoms with E-state index in [1.807, 2.05) is 42.1 Å². The van der Waals surface area contributed by atoms with Crippen LogP contribution in [0.25, 0.3) is 0 Å². The third kappa shape index (κ3) is 4.16. The van der Waals surface area contributed by atoms with Crippen molar-refractivity contribution in [3.8, 4) is 0 Å². The van der Waals surface area contributed by atoms with Crippen LogP contribution in [0.4, 0.5) is 0 Å². The zero-order chi connectivity index (χ0) is 17.1. The highest BCUT2D eigenvalue weighted by molar-refractivity contribution is 6.31. The van der Waals surface area contributed by atoms with Crippen LogP contribution in [0.3, 0.4) is 0 Å². The summed E-state index contributed by atoms with van der Waals surface area (Å²) < 4.78 is 1.87. The lowest BCUT2D eigenvalue weighted by Crippen LogP contribution is -2.40. The summed E-state index contributed by atoms with van der Waals surface area (Å²) in [6.07, 6.45) is 4.81. The molecule has 1 saturated carbocycles. The quantitative estimate of drug-likeness (QED) is 0.872. The first-order valence-corrected chi connectivity index (χ1v) is 8.59. The van der Waals surface area contributed by atoms with Crippen LogP contribution in [0.15, 0.2) is 36.7 Å². The van der Waals surface area contributed by atoms with Crippen molar-refractivity contribution in [3.63, 3.8) is 0 Å². The molecule has 1 aromatic carbocycles. The molecule has 0 bridgehead atoms. The van der Waals surface area contributed by atoms with Crippen LogP contribution >= 0.6 is 11.6 Å². The fourth-order valence-electron chi connectivity index (χ4n) is 3.32. The van der Waals surface area contributed by atoms with E-state index in [9.17, 15) is 9.90 Å². The summed E-state index contributed by atoms with van der Waals surface area (Å²) in [5.41, 5.74) is 1.87. The molecule has 1 aromatic heterocycles. The summed E-state index contributed by atoms with van der Waals surface area (Å²) in [6.45, 7) is 2.73. The average molecular weight is 348 g/mol. The van der Waals surface area contributed by atoms with Crippen LogP contribution in [-0.2, 0) is 17.8 Å². The Kier molecular flexibility index (Phi) is 5.21. The number of benzene rings is 1. The molecule has 5 nitrogen and oxygen atoms in total. The van der Waals surface area contributed by atoms with Crippen LogP contribution < -0.4 is 5.32 Å². The van der Waals surface area contributed by atoms with Gasteiger partial charge < -0.3 is 10.4 Å². The number of aliphatic hydroxyl groups is 1. The zero-order valence-corrected chi connectivity index (χ0v) is 14.4. The summed E-state index contributed by atoms with van der Waals surface area (Å²) in [5.74, 6) is 0.206. The van der Waals surface area contributed by atoms with Crippen molar-refractivity contribution in [1.29, 1.82) is 0 Å². The summed E-state index contributed by atoms with van der Waals surface area (Å²) in [5, 5.41) is 18.0. The maximum Gasteiger partial charge on any atom is 0.224 e. The van der Waals surface area contributed by atoms with E-state index in [1.165, 1.54) is 0 Å². The number of carbonyl (C=O) groups is 1. The highest BCUT2D eigenvalue weighted by Gasteiger charge is 2.34. The monoisotopic (exact) mass is 347 g/mol. The van der Waals surface area contributed by atoms with E-state index in [0.29, 0.717) is 17.4 Å². The van der Waals surface area contributed by atoms with Crippen LogP contribution in [0, 0.1) is 12.8 Å². The minimum Gasteiger partial charge on any atom is -0.391 e. The minimum absolute atomic E-state index is 0.107. The number of rotatable bonds is 5. The summed E-state index contributed by atoms with van der Waals surface area (Å²) in [4.78, 5) is 12.3. The van der Waals surface area contributed by atoms with Gasteiger partial charge in [0.2, 0.25) is 5.91 Å². The van der Waals surface area contributed by atoms with Crippen LogP contribution in [-0.4, -0.2) is 32.9 Å². The smallest absolute Gasteiger partial charge is 0.224 e. The molecule has 24 heavy (non-hydrogen) atoms. The Hall–Kier alpha value is -1.85. The molecule has 1 amide bonds. The van der Waals surface area contributed by atoms with Crippen LogP contribution in [0.5, 0.6) is 0 Å². The van der Waals surface area contributed by atoms with E-state index >= 15 is 0 Å². The Morgan fingerprint density at radius 2 is 2.29 bits per heavy atom. The summed E-state index contributed by atoms with van der Waals surface area (Å²) in [6, 6.07) is 7.36. The van der Waals surface area contributed by atoms with Gasteiger partial charge in [0.25, 0.3) is 0 Å². The van der Waals surface area contributed by atoms with Gasteiger partial charge in [-0.1, -0.05) is 23.7 Å².